The summed E-state index contributed by atoms with van der Waals surface area (Å²) in [5.41, 5.74) is -0.324. The van der Waals surface area contributed by atoms with Gasteiger partial charge in [0.2, 0.25) is 0 Å². The number of rotatable bonds is 4. The summed E-state index contributed by atoms with van der Waals surface area (Å²) < 4.78 is 0.953. The molecule has 0 aliphatic carbocycles. The lowest BCUT2D eigenvalue weighted by Gasteiger charge is -2.24. The van der Waals surface area contributed by atoms with Gasteiger partial charge in [-0.1, -0.05) is 34.1 Å². The molecule has 2 rings (SSSR count). The van der Waals surface area contributed by atoms with E-state index in [0.717, 1.165) is 10.0 Å². The van der Waals surface area contributed by atoms with Crippen molar-refractivity contribution in [1.29, 1.82) is 0 Å². The second-order valence-corrected chi connectivity index (χ2v) is 6.30. The Kier molecular flexibility index (Phi) is 4.39. The smallest absolute Gasteiger partial charge is 0.261 e. The van der Waals surface area contributed by atoms with Crippen molar-refractivity contribution < 1.29 is 9.90 Å². The zero-order chi connectivity index (χ0) is 13.9. The lowest BCUT2D eigenvalue weighted by molar-refractivity contribution is 0.0527. The van der Waals surface area contributed by atoms with Crippen molar-refractivity contribution in [2.45, 2.75) is 12.5 Å². The van der Waals surface area contributed by atoms with Gasteiger partial charge >= 0.3 is 0 Å². The Labute approximate surface area is 124 Å². The Morgan fingerprint density at radius 3 is 2.63 bits per heavy atom. The van der Waals surface area contributed by atoms with Crippen LogP contribution in [0.1, 0.15) is 22.2 Å². The van der Waals surface area contributed by atoms with Crippen LogP contribution in [0, 0.1) is 0 Å². The van der Waals surface area contributed by atoms with E-state index in [9.17, 15) is 9.90 Å². The molecule has 3 nitrogen and oxygen atoms in total. The van der Waals surface area contributed by atoms with Crippen LogP contribution < -0.4 is 5.32 Å². The summed E-state index contributed by atoms with van der Waals surface area (Å²) in [4.78, 5) is 12.5. The molecule has 2 N–H and O–H groups in total. The average molecular weight is 340 g/mol. The van der Waals surface area contributed by atoms with Crippen molar-refractivity contribution in [3.63, 3.8) is 0 Å². The van der Waals surface area contributed by atoms with Crippen LogP contribution in [0.3, 0.4) is 0 Å². The van der Waals surface area contributed by atoms with E-state index in [-0.39, 0.29) is 12.5 Å². The van der Waals surface area contributed by atoms with Crippen LogP contribution in [-0.4, -0.2) is 17.6 Å². The molecule has 0 bridgehead atoms. The van der Waals surface area contributed by atoms with Crippen molar-refractivity contribution in [3.8, 4) is 0 Å². The molecule has 0 spiro atoms. The molecule has 0 radical (unpaired) electrons. The number of benzene rings is 1. The van der Waals surface area contributed by atoms with Crippen LogP contribution in [0.2, 0.25) is 0 Å². The summed E-state index contributed by atoms with van der Waals surface area (Å²) >= 11 is 4.73. The van der Waals surface area contributed by atoms with Crippen molar-refractivity contribution in [3.05, 3.63) is 56.7 Å². The first-order valence-corrected chi connectivity index (χ1v) is 7.46. The maximum absolute atomic E-state index is 11.8. The molecular weight excluding hydrogens is 326 g/mol. The van der Waals surface area contributed by atoms with Crippen molar-refractivity contribution >= 4 is 33.2 Å². The number of amides is 1. The number of carbonyl (C=O) groups excluding carboxylic acids is 1. The maximum atomic E-state index is 11.8. The molecule has 1 atom stereocenters. The van der Waals surface area contributed by atoms with E-state index in [1.54, 1.807) is 13.0 Å². The van der Waals surface area contributed by atoms with Crippen LogP contribution in [0.15, 0.2) is 46.3 Å². The Morgan fingerprint density at radius 1 is 1.37 bits per heavy atom. The van der Waals surface area contributed by atoms with Crippen molar-refractivity contribution in [1.82, 2.24) is 5.32 Å². The SMILES string of the molecule is CC(O)(CNC(=O)c1cccs1)c1ccc(Br)cc1. The number of thiophene rings is 1. The molecular formula is C14H14BrNO2S. The molecule has 1 amide bonds. The third kappa shape index (κ3) is 3.65. The molecule has 0 fully saturated rings. The normalized spacial score (nSPS) is 13.8. The first-order valence-electron chi connectivity index (χ1n) is 5.79. The second kappa shape index (κ2) is 5.86. The second-order valence-electron chi connectivity index (χ2n) is 4.44. The average Bonchev–Trinajstić information content (AvgIpc) is 2.90. The number of hydrogen-bond acceptors (Lipinski definition) is 3. The Bertz CT molecular complexity index is 549. The zero-order valence-corrected chi connectivity index (χ0v) is 12.8. The molecule has 0 aliphatic rings. The molecule has 0 saturated carbocycles. The monoisotopic (exact) mass is 339 g/mol. The van der Waals surface area contributed by atoms with Crippen LogP contribution in [0.5, 0.6) is 0 Å². The number of halogens is 1. The number of hydrogen-bond donors (Lipinski definition) is 2. The first-order chi connectivity index (χ1) is 8.99. The zero-order valence-electron chi connectivity index (χ0n) is 10.4. The quantitative estimate of drug-likeness (QED) is 0.898. The fourth-order valence-corrected chi connectivity index (χ4v) is 2.56. The summed E-state index contributed by atoms with van der Waals surface area (Å²) in [7, 11) is 0. The predicted molar refractivity (Wildman–Crippen MR) is 80.4 cm³/mol. The minimum atomic E-state index is -1.09. The van der Waals surface area contributed by atoms with Gasteiger partial charge in [-0.3, -0.25) is 4.79 Å². The van der Waals surface area contributed by atoms with E-state index in [1.165, 1.54) is 11.3 Å². The van der Waals surface area contributed by atoms with E-state index in [1.807, 2.05) is 35.7 Å². The van der Waals surface area contributed by atoms with E-state index < -0.39 is 5.60 Å². The van der Waals surface area contributed by atoms with Gasteiger partial charge in [0.05, 0.1) is 11.4 Å². The van der Waals surface area contributed by atoms with Crippen LogP contribution >= 0.6 is 27.3 Å². The van der Waals surface area contributed by atoms with Gasteiger partial charge in [-0.15, -0.1) is 11.3 Å². The largest absolute Gasteiger partial charge is 0.384 e. The third-order valence-electron chi connectivity index (χ3n) is 2.80. The molecule has 100 valence electrons. The van der Waals surface area contributed by atoms with E-state index in [2.05, 4.69) is 21.2 Å². The molecule has 1 unspecified atom stereocenters. The Hall–Kier alpha value is -1.17. The highest BCUT2D eigenvalue weighted by molar-refractivity contribution is 9.10. The Balaban J connectivity index is 2.01. The molecule has 1 aromatic heterocycles. The summed E-state index contributed by atoms with van der Waals surface area (Å²) in [6.45, 7) is 1.86. The standard InChI is InChI=1S/C14H14BrNO2S/c1-14(18,10-4-6-11(15)7-5-10)9-16-13(17)12-3-2-8-19-12/h2-8,18H,9H2,1H3,(H,16,17). The molecule has 5 heteroatoms. The minimum Gasteiger partial charge on any atom is -0.384 e. The van der Waals surface area contributed by atoms with Gasteiger partial charge in [-0.2, -0.15) is 0 Å². The molecule has 0 saturated heterocycles. The fraction of sp³-hybridized carbons (Fsp3) is 0.214. The van der Waals surface area contributed by atoms with Crippen LogP contribution in [-0.2, 0) is 5.60 Å². The van der Waals surface area contributed by atoms with Crippen molar-refractivity contribution in [2.24, 2.45) is 0 Å². The summed E-state index contributed by atoms with van der Waals surface area (Å²) in [5, 5.41) is 15.0. The minimum absolute atomic E-state index is 0.160. The highest BCUT2D eigenvalue weighted by Gasteiger charge is 2.24. The van der Waals surface area contributed by atoms with E-state index >= 15 is 0 Å². The maximum Gasteiger partial charge on any atom is 0.261 e. The van der Waals surface area contributed by atoms with Crippen LogP contribution in [0.25, 0.3) is 0 Å². The molecule has 0 aliphatic heterocycles. The Morgan fingerprint density at radius 2 is 2.05 bits per heavy atom. The first kappa shape index (κ1) is 14.2. The van der Waals surface area contributed by atoms with E-state index in [0.29, 0.717) is 4.88 Å². The van der Waals surface area contributed by atoms with Gasteiger partial charge in [0.25, 0.3) is 5.91 Å². The van der Waals surface area contributed by atoms with Crippen LogP contribution in [0.4, 0.5) is 0 Å². The third-order valence-corrected chi connectivity index (χ3v) is 4.20. The van der Waals surface area contributed by atoms with E-state index in [4.69, 9.17) is 0 Å². The number of aliphatic hydroxyl groups is 1. The van der Waals surface area contributed by atoms with Gasteiger partial charge in [0.15, 0.2) is 0 Å². The lowest BCUT2D eigenvalue weighted by atomic mass is 9.96. The topological polar surface area (TPSA) is 49.3 Å². The number of nitrogens with one attached hydrogen (secondary N) is 1. The molecule has 1 aromatic carbocycles. The summed E-state index contributed by atoms with van der Waals surface area (Å²) in [5.74, 6) is -0.160. The van der Waals surface area contributed by atoms with Gasteiger partial charge < -0.3 is 10.4 Å². The lowest BCUT2D eigenvalue weighted by Crippen LogP contribution is -2.38. The summed E-state index contributed by atoms with van der Waals surface area (Å²) in [6, 6.07) is 11.0. The fourth-order valence-electron chi connectivity index (χ4n) is 1.66. The molecule has 1 heterocycles. The number of carbonyl (C=O) groups is 1. The summed E-state index contributed by atoms with van der Waals surface area (Å²) in [6.07, 6.45) is 0. The van der Waals surface area contributed by atoms with Crippen molar-refractivity contribution in [2.75, 3.05) is 6.54 Å². The van der Waals surface area contributed by atoms with Gasteiger partial charge in [0.1, 0.15) is 5.60 Å². The van der Waals surface area contributed by atoms with Gasteiger partial charge in [-0.05, 0) is 36.1 Å². The highest BCUT2D eigenvalue weighted by Crippen LogP contribution is 2.22. The highest BCUT2D eigenvalue weighted by atomic mass is 79.9. The molecule has 19 heavy (non-hydrogen) atoms. The van der Waals surface area contributed by atoms with Gasteiger partial charge in [-0.25, -0.2) is 0 Å². The molecule has 2 aromatic rings. The predicted octanol–water partition coefficient (Wildman–Crippen LogP) is 3.15. The van der Waals surface area contributed by atoms with Gasteiger partial charge in [0, 0.05) is 4.47 Å².